The average molecular weight is 316 g/mol. The Labute approximate surface area is 132 Å². The zero-order valence-corrected chi connectivity index (χ0v) is 12.3. The van der Waals surface area contributed by atoms with Crippen molar-refractivity contribution < 1.29 is 9.18 Å². The van der Waals surface area contributed by atoms with E-state index in [0.29, 0.717) is 17.2 Å². The SMILES string of the molecule is C=C1NC(=C)C(CNC(=O)/C(C=N)=N/Nc2ccc(F)cc2)N1. The maximum atomic E-state index is 12.8. The first kappa shape index (κ1) is 16.2. The quantitative estimate of drug-likeness (QED) is 0.398. The molecule has 0 saturated carbocycles. The largest absolute Gasteiger partial charge is 0.362 e. The minimum atomic E-state index is -0.512. The number of hydrogen-bond acceptors (Lipinski definition) is 6. The van der Waals surface area contributed by atoms with Gasteiger partial charge in [0.1, 0.15) is 5.82 Å². The van der Waals surface area contributed by atoms with Gasteiger partial charge in [0.15, 0.2) is 5.71 Å². The van der Waals surface area contributed by atoms with Gasteiger partial charge in [-0.25, -0.2) is 4.39 Å². The number of benzene rings is 1. The number of carbonyl (C=O) groups excluding carboxylic acids is 1. The second-order valence-electron chi connectivity index (χ2n) is 4.80. The van der Waals surface area contributed by atoms with Crippen LogP contribution in [0.5, 0.6) is 0 Å². The summed E-state index contributed by atoms with van der Waals surface area (Å²) in [5.74, 6) is -0.265. The van der Waals surface area contributed by atoms with Crippen LogP contribution in [0.3, 0.4) is 0 Å². The van der Waals surface area contributed by atoms with Gasteiger partial charge in [0.25, 0.3) is 5.91 Å². The Balaban J connectivity index is 1.91. The fraction of sp³-hybridized carbons (Fsp3) is 0.133. The van der Waals surface area contributed by atoms with Crippen LogP contribution in [-0.4, -0.2) is 30.4 Å². The lowest BCUT2D eigenvalue weighted by Crippen LogP contribution is -2.41. The van der Waals surface area contributed by atoms with Crippen LogP contribution in [0.2, 0.25) is 0 Å². The summed E-state index contributed by atoms with van der Waals surface area (Å²) in [5, 5.41) is 19.7. The van der Waals surface area contributed by atoms with Gasteiger partial charge in [0.2, 0.25) is 0 Å². The van der Waals surface area contributed by atoms with Crippen molar-refractivity contribution in [1.29, 1.82) is 5.41 Å². The maximum absolute atomic E-state index is 12.8. The van der Waals surface area contributed by atoms with E-state index in [9.17, 15) is 9.18 Å². The molecule has 0 aliphatic carbocycles. The lowest BCUT2D eigenvalue weighted by molar-refractivity contribution is -0.114. The number of anilines is 1. The molecule has 1 fully saturated rings. The van der Waals surface area contributed by atoms with Gasteiger partial charge < -0.3 is 21.4 Å². The van der Waals surface area contributed by atoms with Crippen molar-refractivity contribution in [3.05, 3.63) is 54.8 Å². The van der Waals surface area contributed by atoms with Crippen molar-refractivity contribution in [3.63, 3.8) is 0 Å². The molecular formula is C15H17FN6O. The molecule has 2 rings (SSSR count). The molecule has 1 amide bonds. The molecule has 1 heterocycles. The van der Waals surface area contributed by atoms with Crippen molar-refractivity contribution in [2.24, 2.45) is 5.10 Å². The minimum absolute atomic E-state index is 0.107. The third-order valence-corrected chi connectivity index (χ3v) is 3.07. The first-order valence-electron chi connectivity index (χ1n) is 6.79. The Hall–Kier alpha value is -3.16. The minimum Gasteiger partial charge on any atom is -0.362 e. The molecule has 0 bridgehead atoms. The van der Waals surface area contributed by atoms with Crippen molar-refractivity contribution in [3.8, 4) is 0 Å². The molecule has 0 spiro atoms. The Morgan fingerprint density at radius 1 is 1.39 bits per heavy atom. The summed E-state index contributed by atoms with van der Waals surface area (Å²) in [4.78, 5) is 12.0. The van der Waals surface area contributed by atoms with E-state index >= 15 is 0 Å². The zero-order chi connectivity index (χ0) is 16.8. The summed E-state index contributed by atoms with van der Waals surface area (Å²) in [7, 11) is 0. The van der Waals surface area contributed by atoms with Crippen LogP contribution in [0.15, 0.2) is 54.0 Å². The lowest BCUT2D eigenvalue weighted by atomic mass is 10.2. The molecular weight excluding hydrogens is 299 g/mol. The highest BCUT2D eigenvalue weighted by Gasteiger charge is 2.21. The van der Waals surface area contributed by atoms with Crippen molar-refractivity contribution in [2.75, 3.05) is 12.0 Å². The standard InChI is InChI=1S/C15H17FN6O/c1-9-14(20-10(2)19-9)8-18-15(23)13(7-17)22-21-12-5-3-11(16)4-6-12/h3-7,14,17,19-21H,1-2,8H2,(H,18,23)/b17-7?,22-13+. The molecule has 1 unspecified atom stereocenters. The highest BCUT2D eigenvalue weighted by Crippen LogP contribution is 2.08. The predicted octanol–water partition coefficient (Wildman–Crippen LogP) is 0.906. The van der Waals surface area contributed by atoms with E-state index in [0.717, 1.165) is 6.21 Å². The number of halogens is 1. The van der Waals surface area contributed by atoms with Crippen LogP contribution >= 0.6 is 0 Å². The second-order valence-corrected chi connectivity index (χ2v) is 4.80. The summed E-state index contributed by atoms with van der Waals surface area (Å²) >= 11 is 0. The first-order valence-corrected chi connectivity index (χ1v) is 6.79. The van der Waals surface area contributed by atoms with Crippen LogP contribution < -0.4 is 21.4 Å². The van der Waals surface area contributed by atoms with Crippen LogP contribution in [0.25, 0.3) is 0 Å². The summed E-state index contributed by atoms with van der Waals surface area (Å²) in [5.41, 5.74) is 3.70. The molecule has 1 aromatic rings. The second kappa shape index (κ2) is 7.21. The highest BCUT2D eigenvalue weighted by atomic mass is 19.1. The van der Waals surface area contributed by atoms with Gasteiger partial charge in [-0.05, 0) is 24.3 Å². The van der Waals surface area contributed by atoms with E-state index in [1.807, 2.05) is 0 Å². The average Bonchev–Trinajstić information content (AvgIpc) is 2.85. The number of hydrazone groups is 1. The first-order chi connectivity index (χ1) is 11.0. The van der Waals surface area contributed by atoms with Gasteiger partial charge in [-0.2, -0.15) is 5.10 Å². The van der Waals surface area contributed by atoms with Crippen molar-refractivity contribution in [2.45, 2.75) is 6.04 Å². The number of hydrogen-bond donors (Lipinski definition) is 5. The Kier molecular flexibility index (Phi) is 5.08. The van der Waals surface area contributed by atoms with Crippen LogP contribution in [-0.2, 0) is 4.79 Å². The smallest absolute Gasteiger partial charge is 0.273 e. The number of amides is 1. The zero-order valence-electron chi connectivity index (χ0n) is 12.3. The van der Waals surface area contributed by atoms with E-state index in [-0.39, 0.29) is 24.1 Å². The summed E-state index contributed by atoms with van der Waals surface area (Å²) in [6.45, 7) is 7.79. The lowest BCUT2D eigenvalue weighted by Gasteiger charge is -2.12. The highest BCUT2D eigenvalue weighted by molar-refractivity contribution is 6.60. The van der Waals surface area contributed by atoms with E-state index in [1.165, 1.54) is 24.3 Å². The van der Waals surface area contributed by atoms with E-state index in [4.69, 9.17) is 5.41 Å². The van der Waals surface area contributed by atoms with Crippen LogP contribution in [0, 0.1) is 11.2 Å². The normalized spacial score (nSPS) is 17.3. The molecule has 0 aromatic heterocycles. The number of rotatable bonds is 6. The Morgan fingerprint density at radius 3 is 2.65 bits per heavy atom. The number of nitrogens with one attached hydrogen (secondary N) is 5. The third kappa shape index (κ3) is 4.40. The summed E-state index contributed by atoms with van der Waals surface area (Å²) < 4.78 is 12.8. The number of carbonyl (C=O) groups is 1. The third-order valence-electron chi connectivity index (χ3n) is 3.07. The molecule has 5 N–H and O–H groups in total. The fourth-order valence-electron chi connectivity index (χ4n) is 1.87. The molecule has 1 aliphatic heterocycles. The number of nitrogens with zero attached hydrogens (tertiary/aromatic N) is 1. The predicted molar refractivity (Wildman–Crippen MR) is 87.6 cm³/mol. The van der Waals surface area contributed by atoms with E-state index in [2.05, 4.69) is 39.6 Å². The summed E-state index contributed by atoms with van der Waals surface area (Å²) in [6, 6.07) is 5.30. The molecule has 120 valence electrons. The van der Waals surface area contributed by atoms with Crippen molar-refractivity contribution in [1.82, 2.24) is 16.0 Å². The molecule has 1 atom stereocenters. The van der Waals surface area contributed by atoms with Gasteiger partial charge in [0.05, 0.1) is 23.8 Å². The molecule has 1 saturated heterocycles. The summed E-state index contributed by atoms with van der Waals surface area (Å²) in [6.07, 6.45) is 0.833. The molecule has 23 heavy (non-hydrogen) atoms. The molecule has 1 aliphatic rings. The van der Waals surface area contributed by atoms with E-state index in [1.54, 1.807) is 0 Å². The topological polar surface area (TPSA) is 101 Å². The van der Waals surface area contributed by atoms with Crippen molar-refractivity contribution >= 4 is 23.5 Å². The van der Waals surface area contributed by atoms with Gasteiger partial charge in [-0.15, -0.1) is 0 Å². The molecule has 8 heteroatoms. The maximum Gasteiger partial charge on any atom is 0.273 e. The Bertz CT molecular complexity index is 667. The van der Waals surface area contributed by atoms with Gasteiger partial charge in [-0.1, -0.05) is 13.2 Å². The van der Waals surface area contributed by atoms with Crippen LogP contribution in [0.4, 0.5) is 10.1 Å². The monoisotopic (exact) mass is 316 g/mol. The molecule has 7 nitrogen and oxygen atoms in total. The van der Waals surface area contributed by atoms with Crippen LogP contribution in [0.1, 0.15) is 0 Å². The van der Waals surface area contributed by atoms with E-state index < -0.39 is 5.91 Å². The molecule has 0 radical (unpaired) electrons. The van der Waals surface area contributed by atoms with Gasteiger partial charge in [-0.3, -0.25) is 10.2 Å². The Morgan fingerprint density at radius 2 is 2.09 bits per heavy atom. The van der Waals surface area contributed by atoms with Gasteiger partial charge in [0, 0.05) is 12.2 Å². The fourth-order valence-corrected chi connectivity index (χ4v) is 1.87. The van der Waals surface area contributed by atoms with Gasteiger partial charge >= 0.3 is 0 Å². The molecule has 1 aromatic carbocycles.